The van der Waals surface area contributed by atoms with Gasteiger partial charge in [0.1, 0.15) is 5.82 Å². The van der Waals surface area contributed by atoms with Crippen LogP contribution >= 0.6 is 0 Å². The zero-order valence-corrected chi connectivity index (χ0v) is 9.60. The van der Waals surface area contributed by atoms with Crippen molar-refractivity contribution in [2.75, 3.05) is 11.9 Å². The molecule has 0 saturated heterocycles. The van der Waals surface area contributed by atoms with E-state index in [-0.39, 0.29) is 23.8 Å². The predicted molar refractivity (Wildman–Crippen MR) is 60.8 cm³/mol. The van der Waals surface area contributed by atoms with E-state index in [1.54, 1.807) is 0 Å². The van der Waals surface area contributed by atoms with Crippen molar-refractivity contribution in [3.05, 3.63) is 17.7 Å². The van der Waals surface area contributed by atoms with E-state index in [0.29, 0.717) is 5.82 Å². The Bertz CT molecular complexity index is 445. The van der Waals surface area contributed by atoms with Crippen LogP contribution < -0.4 is 11.1 Å². The first-order valence-electron chi connectivity index (χ1n) is 5.04. The summed E-state index contributed by atoms with van der Waals surface area (Å²) in [4.78, 5) is 29.5. The van der Waals surface area contributed by atoms with Gasteiger partial charge in [0.2, 0.25) is 5.91 Å². The first-order chi connectivity index (χ1) is 7.91. The van der Waals surface area contributed by atoms with E-state index >= 15 is 0 Å². The smallest absolute Gasteiger partial charge is 0.356 e. The first kappa shape index (κ1) is 12.9. The molecule has 0 aromatic carbocycles. The lowest BCUT2D eigenvalue weighted by Gasteiger charge is -2.09. The average molecular weight is 238 g/mol. The van der Waals surface area contributed by atoms with Gasteiger partial charge in [-0.05, 0) is 0 Å². The number of hydrogen-bond acceptors (Lipinski definition) is 5. The summed E-state index contributed by atoms with van der Waals surface area (Å²) >= 11 is 0. The minimum Gasteiger partial charge on any atom is -0.476 e. The van der Waals surface area contributed by atoms with Crippen LogP contribution in [0.4, 0.5) is 5.69 Å². The molecule has 0 unspecified atom stereocenters. The standard InChI is InChI=1S/C10H14N4O3/c1-5(2)9-13-3-6(12-4-7(11)15)8(14-9)10(16)17/h3,5,12H,4H2,1-2H3,(H2,11,15)(H,16,17). The third-order valence-corrected chi connectivity index (χ3v) is 1.98. The zero-order valence-electron chi connectivity index (χ0n) is 9.60. The molecular weight excluding hydrogens is 224 g/mol. The van der Waals surface area contributed by atoms with Gasteiger partial charge in [-0.25, -0.2) is 14.8 Å². The molecule has 0 aliphatic rings. The van der Waals surface area contributed by atoms with E-state index < -0.39 is 11.9 Å². The van der Waals surface area contributed by atoms with Crippen molar-refractivity contribution in [2.24, 2.45) is 5.73 Å². The number of carbonyl (C=O) groups is 2. The highest BCUT2D eigenvalue weighted by Crippen LogP contribution is 2.15. The molecule has 0 aliphatic carbocycles. The van der Waals surface area contributed by atoms with Gasteiger partial charge in [0.15, 0.2) is 5.69 Å². The Balaban J connectivity index is 3.04. The number of nitrogens with one attached hydrogen (secondary N) is 1. The van der Waals surface area contributed by atoms with Crippen LogP contribution in [0, 0.1) is 0 Å². The summed E-state index contributed by atoms with van der Waals surface area (Å²) in [6, 6.07) is 0. The molecule has 0 bridgehead atoms. The molecule has 1 aromatic rings. The largest absolute Gasteiger partial charge is 0.476 e. The normalized spacial score (nSPS) is 10.3. The highest BCUT2D eigenvalue weighted by Gasteiger charge is 2.15. The Morgan fingerprint density at radius 3 is 2.65 bits per heavy atom. The maximum atomic E-state index is 11.0. The molecular formula is C10H14N4O3. The van der Waals surface area contributed by atoms with Crippen LogP contribution in [0.5, 0.6) is 0 Å². The number of rotatable bonds is 5. The second kappa shape index (κ2) is 5.24. The van der Waals surface area contributed by atoms with Gasteiger partial charge in [0, 0.05) is 5.92 Å². The van der Waals surface area contributed by atoms with Crippen molar-refractivity contribution in [1.82, 2.24) is 9.97 Å². The van der Waals surface area contributed by atoms with Crippen molar-refractivity contribution in [3.63, 3.8) is 0 Å². The molecule has 92 valence electrons. The molecule has 0 spiro atoms. The fourth-order valence-electron chi connectivity index (χ4n) is 1.15. The number of hydrogen-bond donors (Lipinski definition) is 3. The molecule has 1 rings (SSSR count). The SMILES string of the molecule is CC(C)c1ncc(NCC(N)=O)c(C(=O)O)n1. The molecule has 4 N–H and O–H groups in total. The first-order valence-corrected chi connectivity index (χ1v) is 5.04. The van der Waals surface area contributed by atoms with Crippen LogP contribution in [0.1, 0.15) is 36.1 Å². The number of carbonyl (C=O) groups excluding carboxylic acids is 1. The zero-order chi connectivity index (χ0) is 13.0. The molecule has 1 heterocycles. The van der Waals surface area contributed by atoms with E-state index in [9.17, 15) is 9.59 Å². The van der Waals surface area contributed by atoms with Gasteiger partial charge in [-0.3, -0.25) is 4.79 Å². The van der Waals surface area contributed by atoms with Crippen molar-refractivity contribution in [1.29, 1.82) is 0 Å². The van der Waals surface area contributed by atoms with Crippen LogP contribution in [0.3, 0.4) is 0 Å². The number of anilines is 1. The molecule has 0 radical (unpaired) electrons. The highest BCUT2D eigenvalue weighted by molar-refractivity contribution is 5.92. The number of carboxylic acid groups (broad SMARTS) is 1. The molecule has 1 amide bonds. The lowest BCUT2D eigenvalue weighted by molar-refractivity contribution is -0.116. The second-order valence-corrected chi connectivity index (χ2v) is 3.77. The molecule has 0 aliphatic heterocycles. The number of amides is 1. The summed E-state index contributed by atoms with van der Waals surface area (Å²) in [5, 5.41) is 11.6. The predicted octanol–water partition coefficient (Wildman–Crippen LogP) is 0.195. The summed E-state index contributed by atoms with van der Waals surface area (Å²) in [5.74, 6) is -1.30. The number of nitrogens with zero attached hydrogens (tertiary/aromatic N) is 2. The number of carboxylic acids is 1. The molecule has 1 aromatic heterocycles. The Morgan fingerprint density at radius 1 is 1.53 bits per heavy atom. The van der Waals surface area contributed by atoms with Gasteiger partial charge >= 0.3 is 5.97 Å². The number of aromatic nitrogens is 2. The Morgan fingerprint density at radius 2 is 2.18 bits per heavy atom. The fraction of sp³-hybridized carbons (Fsp3) is 0.400. The third-order valence-electron chi connectivity index (χ3n) is 1.98. The van der Waals surface area contributed by atoms with Gasteiger partial charge in [-0.1, -0.05) is 13.8 Å². The average Bonchev–Trinajstić information content (AvgIpc) is 2.25. The molecule has 7 nitrogen and oxygen atoms in total. The minimum atomic E-state index is -1.18. The Labute approximate surface area is 98.1 Å². The third kappa shape index (κ3) is 3.40. The van der Waals surface area contributed by atoms with E-state index in [1.165, 1.54) is 6.20 Å². The van der Waals surface area contributed by atoms with Crippen LogP contribution in [-0.2, 0) is 4.79 Å². The summed E-state index contributed by atoms with van der Waals surface area (Å²) in [7, 11) is 0. The fourth-order valence-corrected chi connectivity index (χ4v) is 1.15. The van der Waals surface area contributed by atoms with E-state index in [1.807, 2.05) is 13.8 Å². The lowest BCUT2D eigenvalue weighted by atomic mass is 10.2. The van der Waals surface area contributed by atoms with Crippen molar-refractivity contribution in [3.8, 4) is 0 Å². The van der Waals surface area contributed by atoms with Crippen LogP contribution in [0.2, 0.25) is 0 Å². The number of aromatic carboxylic acids is 1. The summed E-state index contributed by atoms with van der Waals surface area (Å²) in [5.41, 5.74) is 4.97. The second-order valence-electron chi connectivity index (χ2n) is 3.77. The summed E-state index contributed by atoms with van der Waals surface area (Å²) in [6.07, 6.45) is 1.34. The number of nitrogens with two attached hydrogens (primary N) is 1. The van der Waals surface area contributed by atoms with Crippen molar-refractivity contribution < 1.29 is 14.7 Å². The minimum absolute atomic E-state index is 0.0262. The molecule has 0 saturated carbocycles. The summed E-state index contributed by atoms with van der Waals surface area (Å²) < 4.78 is 0. The Hall–Kier alpha value is -2.18. The van der Waals surface area contributed by atoms with E-state index in [4.69, 9.17) is 10.8 Å². The van der Waals surface area contributed by atoms with Gasteiger partial charge in [-0.2, -0.15) is 0 Å². The maximum Gasteiger partial charge on any atom is 0.356 e. The highest BCUT2D eigenvalue weighted by atomic mass is 16.4. The van der Waals surface area contributed by atoms with Crippen LogP contribution in [0.25, 0.3) is 0 Å². The van der Waals surface area contributed by atoms with Gasteiger partial charge in [0.05, 0.1) is 18.4 Å². The van der Waals surface area contributed by atoms with Gasteiger partial charge in [0.25, 0.3) is 0 Å². The lowest BCUT2D eigenvalue weighted by Crippen LogP contribution is -2.23. The van der Waals surface area contributed by atoms with Crippen LogP contribution in [0.15, 0.2) is 6.20 Å². The quantitative estimate of drug-likeness (QED) is 0.674. The molecule has 7 heteroatoms. The summed E-state index contributed by atoms with van der Waals surface area (Å²) in [6.45, 7) is 3.56. The molecule has 0 fully saturated rings. The van der Waals surface area contributed by atoms with Crippen molar-refractivity contribution >= 4 is 17.6 Å². The van der Waals surface area contributed by atoms with Gasteiger partial charge in [-0.15, -0.1) is 0 Å². The van der Waals surface area contributed by atoms with Crippen LogP contribution in [-0.4, -0.2) is 33.5 Å². The monoisotopic (exact) mass is 238 g/mol. The molecule has 17 heavy (non-hydrogen) atoms. The molecule has 0 atom stereocenters. The van der Waals surface area contributed by atoms with Crippen molar-refractivity contribution in [2.45, 2.75) is 19.8 Å². The van der Waals surface area contributed by atoms with E-state index in [0.717, 1.165) is 0 Å². The van der Waals surface area contributed by atoms with E-state index in [2.05, 4.69) is 15.3 Å². The number of primary amides is 1. The topological polar surface area (TPSA) is 118 Å². The maximum absolute atomic E-state index is 11.0. The van der Waals surface area contributed by atoms with Gasteiger partial charge < -0.3 is 16.2 Å². The Kier molecular flexibility index (Phi) is 3.97.